The lowest BCUT2D eigenvalue weighted by Crippen LogP contribution is -2.17. The van der Waals surface area contributed by atoms with E-state index in [0.717, 1.165) is 5.56 Å². The molecule has 1 rings (SSSR count). The molecule has 0 aliphatic carbocycles. The summed E-state index contributed by atoms with van der Waals surface area (Å²) in [5.74, 6) is -0.0656. The minimum absolute atomic E-state index is 0.0656. The Kier molecular flexibility index (Phi) is 2.14. The van der Waals surface area contributed by atoms with Gasteiger partial charge in [-0.25, -0.2) is 0 Å². The highest BCUT2D eigenvalue weighted by molar-refractivity contribution is 7.17. The van der Waals surface area contributed by atoms with Crippen LogP contribution in [0.15, 0.2) is 6.07 Å². The van der Waals surface area contributed by atoms with Crippen LogP contribution in [-0.4, -0.2) is 13.0 Å². The SMILES string of the molecule is CNC(=O)c1sc(N)cc1C. The van der Waals surface area contributed by atoms with Crippen molar-refractivity contribution in [1.82, 2.24) is 5.32 Å². The molecule has 60 valence electrons. The molecule has 0 spiro atoms. The van der Waals surface area contributed by atoms with Gasteiger partial charge >= 0.3 is 0 Å². The predicted octanol–water partition coefficient (Wildman–Crippen LogP) is 0.998. The zero-order valence-corrected chi connectivity index (χ0v) is 7.29. The number of carbonyl (C=O) groups excluding carboxylic acids is 1. The van der Waals surface area contributed by atoms with Crippen molar-refractivity contribution in [3.8, 4) is 0 Å². The summed E-state index contributed by atoms with van der Waals surface area (Å²) in [5, 5.41) is 3.23. The summed E-state index contributed by atoms with van der Waals surface area (Å²) in [6.45, 7) is 1.87. The van der Waals surface area contributed by atoms with Crippen molar-refractivity contribution in [2.45, 2.75) is 6.92 Å². The molecule has 0 aromatic carbocycles. The van der Waals surface area contributed by atoms with E-state index in [4.69, 9.17) is 5.73 Å². The van der Waals surface area contributed by atoms with Crippen LogP contribution >= 0.6 is 11.3 Å². The number of thiophene rings is 1. The monoisotopic (exact) mass is 170 g/mol. The molecular formula is C7H10N2OS. The lowest BCUT2D eigenvalue weighted by atomic mass is 10.3. The molecular weight excluding hydrogens is 160 g/mol. The Morgan fingerprint density at radius 3 is 2.73 bits per heavy atom. The van der Waals surface area contributed by atoms with Crippen LogP contribution in [0.1, 0.15) is 15.2 Å². The smallest absolute Gasteiger partial charge is 0.261 e. The molecule has 0 aliphatic heterocycles. The van der Waals surface area contributed by atoms with Gasteiger partial charge < -0.3 is 11.1 Å². The van der Waals surface area contributed by atoms with Crippen LogP contribution in [0, 0.1) is 6.92 Å². The summed E-state index contributed by atoms with van der Waals surface area (Å²) < 4.78 is 0. The molecule has 1 aromatic rings. The molecule has 3 N–H and O–H groups in total. The third-order valence-corrected chi connectivity index (χ3v) is 2.44. The third kappa shape index (κ3) is 1.51. The van der Waals surface area contributed by atoms with Crippen LogP contribution in [0.2, 0.25) is 0 Å². The van der Waals surface area contributed by atoms with Gasteiger partial charge in [-0.05, 0) is 18.6 Å². The molecule has 1 amide bonds. The van der Waals surface area contributed by atoms with E-state index in [1.165, 1.54) is 11.3 Å². The van der Waals surface area contributed by atoms with Crippen LogP contribution in [0.25, 0.3) is 0 Å². The van der Waals surface area contributed by atoms with Crippen molar-refractivity contribution in [3.05, 3.63) is 16.5 Å². The maximum absolute atomic E-state index is 11.1. The number of hydrogen-bond donors (Lipinski definition) is 2. The zero-order valence-electron chi connectivity index (χ0n) is 6.47. The van der Waals surface area contributed by atoms with E-state index >= 15 is 0 Å². The van der Waals surface area contributed by atoms with Crippen LogP contribution in [-0.2, 0) is 0 Å². The largest absolute Gasteiger partial charge is 0.391 e. The van der Waals surface area contributed by atoms with E-state index in [-0.39, 0.29) is 5.91 Å². The second-order valence-electron chi connectivity index (χ2n) is 2.24. The van der Waals surface area contributed by atoms with E-state index < -0.39 is 0 Å². The molecule has 4 heteroatoms. The van der Waals surface area contributed by atoms with Gasteiger partial charge in [-0.1, -0.05) is 0 Å². The summed E-state index contributed by atoms with van der Waals surface area (Å²) in [6, 6.07) is 1.80. The first-order chi connectivity index (χ1) is 5.15. The van der Waals surface area contributed by atoms with Gasteiger partial charge in [-0.15, -0.1) is 11.3 Å². The molecule has 0 radical (unpaired) electrons. The standard InChI is InChI=1S/C7H10N2OS/c1-4-3-5(8)11-6(4)7(10)9-2/h3H,8H2,1-2H3,(H,9,10). The second-order valence-corrected chi connectivity index (χ2v) is 3.32. The first-order valence-electron chi connectivity index (χ1n) is 3.23. The summed E-state index contributed by atoms with van der Waals surface area (Å²) in [4.78, 5) is 11.8. The van der Waals surface area contributed by atoms with Gasteiger partial charge in [-0.2, -0.15) is 0 Å². The van der Waals surface area contributed by atoms with E-state index in [1.807, 2.05) is 6.92 Å². The molecule has 11 heavy (non-hydrogen) atoms. The average molecular weight is 170 g/mol. The minimum Gasteiger partial charge on any atom is -0.391 e. The number of carbonyl (C=O) groups is 1. The highest BCUT2D eigenvalue weighted by Crippen LogP contribution is 2.23. The summed E-state index contributed by atoms with van der Waals surface area (Å²) in [7, 11) is 1.61. The fourth-order valence-corrected chi connectivity index (χ4v) is 1.73. The molecule has 0 saturated heterocycles. The zero-order chi connectivity index (χ0) is 8.43. The van der Waals surface area contributed by atoms with Crippen LogP contribution in [0.4, 0.5) is 5.00 Å². The molecule has 3 nitrogen and oxygen atoms in total. The Hall–Kier alpha value is -1.03. The van der Waals surface area contributed by atoms with Crippen molar-refractivity contribution >= 4 is 22.2 Å². The maximum atomic E-state index is 11.1. The van der Waals surface area contributed by atoms with Crippen molar-refractivity contribution < 1.29 is 4.79 Å². The molecule has 0 aliphatic rings. The van der Waals surface area contributed by atoms with Crippen molar-refractivity contribution in [2.24, 2.45) is 0 Å². The Morgan fingerprint density at radius 2 is 2.36 bits per heavy atom. The van der Waals surface area contributed by atoms with Crippen LogP contribution in [0.5, 0.6) is 0 Å². The van der Waals surface area contributed by atoms with Gasteiger partial charge in [-0.3, -0.25) is 4.79 Å². The van der Waals surface area contributed by atoms with Crippen molar-refractivity contribution in [2.75, 3.05) is 12.8 Å². The Bertz CT molecular complexity index is 280. The lowest BCUT2D eigenvalue weighted by Gasteiger charge is -1.94. The molecule has 0 atom stereocenters. The van der Waals surface area contributed by atoms with Crippen molar-refractivity contribution in [1.29, 1.82) is 0 Å². The molecule has 0 fully saturated rings. The molecule has 0 unspecified atom stereocenters. The Morgan fingerprint density at radius 1 is 1.73 bits per heavy atom. The minimum atomic E-state index is -0.0656. The number of nitrogens with one attached hydrogen (secondary N) is 1. The lowest BCUT2D eigenvalue weighted by molar-refractivity contribution is 0.0966. The number of nitrogens with two attached hydrogens (primary N) is 1. The second kappa shape index (κ2) is 2.92. The van der Waals surface area contributed by atoms with E-state index in [9.17, 15) is 4.79 Å². The number of rotatable bonds is 1. The Balaban J connectivity index is 3.03. The van der Waals surface area contributed by atoms with E-state index in [2.05, 4.69) is 5.32 Å². The normalized spacial score (nSPS) is 9.64. The highest BCUT2D eigenvalue weighted by atomic mass is 32.1. The average Bonchev–Trinajstić information content (AvgIpc) is 2.28. The maximum Gasteiger partial charge on any atom is 0.261 e. The summed E-state index contributed by atoms with van der Waals surface area (Å²) in [6.07, 6.45) is 0. The number of hydrogen-bond acceptors (Lipinski definition) is 3. The number of nitrogen functional groups attached to an aromatic ring is 1. The fraction of sp³-hybridized carbons (Fsp3) is 0.286. The van der Waals surface area contributed by atoms with Crippen molar-refractivity contribution in [3.63, 3.8) is 0 Å². The van der Waals surface area contributed by atoms with Gasteiger partial charge in [0, 0.05) is 7.05 Å². The topological polar surface area (TPSA) is 55.1 Å². The highest BCUT2D eigenvalue weighted by Gasteiger charge is 2.09. The van der Waals surface area contributed by atoms with Gasteiger partial charge in [0.05, 0.1) is 9.88 Å². The fourth-order valence-electron chi connectivity index (χ4n) is 0.846. The van der Waals surface area contributed by atoms with Gasteiger partial charge in [0.15, 0.2) is 0 Å². The van der Waals surface area contributed by atoms with Gasteiger partial charge in [0.2, 0.25) is 0 Å². The van der Waals surface area contributed by atoms with Gasteiger partial charge in [0.25, 0.3) is 5.91 Å². The first kappa shape index (κ1) is 8.07. The molecule has 1 aromatic heterocycles. The van der Waals surface area contributed by atoms with Gasteiger partial charge in [0.1, 0.15) is 0 Å². The quantitative estimate of drug-likeness (QED) is 0.660. The first-order valence-corrected chi connectivity index (χ1v) is 4.04. The number of anilines is 1. The summed E-state index contributed by atoms with van der Waals surface area (Å²) >= 11 is 1.31. The van der Waals surface area contributed by atoms with E-state index in [1.54, 1.807) is 13.1 Å². The number of aryl methyl sites for hydroxylation is 1. The van der Waals surface area contributed by atoms with Crippen LogP contribution < -0.4 is 11.1 Å². The predicted molar refractivity (Wildman–Crippen MR) is 46.9 cm³/mol. The molecule has 0 saturated carbocycles. The summed E-state index contributed by atoms with van der Waals surface area (Å²) in [5.41, 5.74) is 6.45. The van der Waals surface area contributed by atoms with Crippen LogP contribution in [0.3, 0.4) is 0 Å². The number of amides is 1. The molecule has 0 bridgehead atoms. The van der Waals surface area contributed by atoms with E-state index in [0.29, 0.717) is 9.88 Å². The molecule has 1 heterocycles. The Labute approximate surface area is 69.2 Å². The third-order valence-electron chi connectivity index (χ3n) is 1.37.